The summed E-state index contributed by atoms with van der Waals surface area (Å²) in [5, 5.41) is 0. The molecular weight excluding hydrogens is 298 g/mol. The summed E-state index contributed by atoms with van der Waals surface area (Å²) in [6.07, 6.45) is 7.58. The van der Waals surface area contributed by atoms with Gasteiger partial charge < -0.3 is 0 Å². The second-order valence-electron chi connectivity index (χ2n) is 5.75. The summed E-state index contributed by atoms with van der Waals surface area (Å²) in [5.74, 6) is -0.392. The highest BCUT2D eigenvalue weighted by molar-refractivity contribution is 6.12. The van der Waals surface area contributed by atoms with Crippen molar-refractivity contribution in [1.29, 1.82) is 0 Å². The molecule has 1 aliphatic rings. The van der Waals surface area contributed by atoms with Crippen molar-refractivity contribution in [2.45, 2.75) is 20.3 Å². The van der Waals surface area contributed by atoms with Gasteiger partial charge in [-0.05, 0) is 43.2 Å². The number of anilines is 1. The number of Topliss-reactive ketones (excluding diaryl/α,β-unsaturated/α-hetero) is 1. The number of amides is 1. The normalized spacial score (nSPS) is 19.0. The number of allylic oxidation sites excluding steroid dienone is 4. The number of nitrogens with zero attached hydrogens (tertiary/aromatic N) is 1. The number of benzene rings is 1. The van der Waals surface area contributed by atoms with Gasteiger partial charge in [-0.3, -0.25) is 14.5 Å². The first kappa shape index (κ1) is 17.4. The van der Waals surface area contributed by atoms with Crippen molar-refractivity contribution in [3.8, 4) is 0 Å². The van der Waals surface area contributed by atoms with Gasteiger partial charge in [-0.15, -0.1) is 0 Å². The first-order chi connectivity index (χ1) is 11.3. The molecule has 0 fully saturated rings. The van der Waals surface area contributed by atoms with Crippen LogP contribution in [0.3, 0.4) is 0 Å². The van der Waals surface area contributed by atoms with Crippen LogP contribution in [0.1, 0.15) is 29.3 Å². The third-order valence-electron chi connectivity index (χ3n) is 3.85. The van der Waals surface area contributed by atoms with Crippen LogP contribution < -0.4 is 4.90 Å². The SMILES string of the molecule is C=CC1=C/CC(=C)N(c2cc(C)ccc2C(C)=O)C(=O)C(=C)/C=C\1. The second kappa shape index (κ2) is 7.09. The fraction of sp³-hybridized carbons (Fsp3) is 0.143. The van der Waals surface area contributed by atoms with Crippen molar-refractivity contribution in [3.63, 3.8) is 0 Å². The van der Waals surface area contributed by atoms with Crippen molar-refractivity contribution < 1.29 is 9.59 Å². The molecule has 1 heterocycles. The van der Waals surface area contributed by atoms with E-state index in [-0.39, 0.29) is 11.7 Å². The molecule has 1 aromatic rings. The minimum absolute atomic E-state index is 0.103. The van der Waals surface area contributed by atoms with E-state index < -0.39 is 0 Å². The van der Waals surface area contributed by atoms with Gasteiger partial charge in [0.2, 0.25) is 0 Å². The molecule has 1 aliphatic heterocycles. The predicted molar refractivity (Wildman–Crippen MR) is 99.0 cm³/mol. The molecule has 122 valence electrons. The number of carbonyl (C=O) groups is 2. The van der Waals surface area contributed by atoms with Crippen molar-refractivity contribution in [2.75, 3.05) is 4.90 Å². The van der Waals surface area contributed by atoms with Gasteiger partial charge in [0.15, 0.2) is 5.78 Å². The van der Waals surface area contributed by atoms with Crippen LogP contribution in [0.5, 0.6) is 0 Å². The van der Waals surface area contributed by atoms with Crippen LogP contribution in [0.2, 0.25) is 0 Å². The molecule has 3 nitrogen and oxygen atoms in total. The first-order valence-electron chi connectivity index (χ1n) is 7.68. The Kier molecular flexibility index (Phi) is 5.14. The maximum atomic E-state index is 12.9. The smallest absolute Gasteiger partial charge is 0.261 e. The Morgan fingerprint density at radius 2 is 1.96 bits per heavy atom. The third-order valence-corrected chi connectivity index (χ3v) is 3.85. The molecule has 0 radical (unpaired) electrons. The number of aryl methyl sites for hydroxylation is 1. The van der Waals surface area contributed by atoms with Gasteiger partial charge in [0.25, 0.3) is 5.91 Å². The Morgan fingerprint density at radius 1 is 1.25 bits per heavy atom. The summed E-state index contributed by atoms with van der Waals surface area (Å²) in [7, 11) is 0. The van der Waals surface area contributed by atoms with Crippen LogP contribution >= 0.6 is 0 Å². The summed E-state index contributed by atoms with van der Waals surface area (Å²) >= 11 is 0. The lowest BCUT2D eigenvalue weighted by molar-refractivity contribution is -0.114. The standard InChI is InChI=1S/C21H21NO2/c1-6-18-10-8-15(3)21(24)22(16(4)9-11-18)20-13-14(2)7-12-19(20)17(5)23/h6-8,10-13H,1,3-4,9H2,2,5H3/b10-8-,18-11-. The average molecular weight is 319 g/mol. The van der Waals surface area contributed by atoms with Gasteiger partial charge in [0.1, 0.15) is 0 Å². The fourth-order valence-corrected chi connectivity index (χ4v) is 2.51. The average Bonchev–Trinajstić information content (AvgIpc) is 2.58. The number of rotatable bonds is 3. The van der Waals surface area contributed by atoms with Gasteiger partial charge in [0.05, 0.1) is 5.69 Å². The first-order valence-corrected chi connectivity index (χ1v) is 7.68. The minimum Gasteiger partial charge on any atom is -0.294 e. The van der Waals surface area contributed by atoms with Crippen LogP contribution in [0.4, 0.5) is 5.69 Å². The molecule has 3 heteroatoms. The van der Waals surface area contributed by atoms with Crippen molar-refractivity contribution in [3.05, 3.63) is 90.2 Å². The molecule has 0 N–H and O–H groups in total. The Morgan fingerprint density at radius 3 is 2.58 bits per heavy atom. The van der Waals surface area contributed by atoms with E-state index in [0.717, 1.165) is 11.1 Å². The van der Waals surface area contributed by atoms with Crippen LogP contribution in [0.15, 0.2) is 79.1 Å². The zero-order chi connectivity index (χ0) is 17.9. The minimum atomic E-state index is -0.289. The quantitative estimate of drug-likeness (QED) is 0.599. The maximum absolute atomic E-state index is 12.9. The molecular formula is C21H21NO2. The Labute approximate surface area is 143 Å². The highest BCUT2D eigenvalue weighted by Crippen LogP contribution is 2.29. The van der Waals surface area contributed by atoms with Crippen LogP contribution in [0, 0.1) is 6.92 Å². The molecule has 0 spiro atoms. The Hall–Kier alpha value is -2.94. The molecule has 1 aromatic carbocycles. The lowest BCUT2D eigenvalue weighted by atomic mass is 10.0. The van der Waals surface area contributed by atoms with Gasteiger partial charge in [0, 0.05) is 23.3 Å². The van der Waals surface area contributed by atoms with Crippen molar-refractivity contribution in [2.24, 2.45) is 0 Å². The highest BCUT2D eigenvalue weighted by atomic mass is 16.2. The van der Waals surface area contributed by atoms with E-state index in [4.69, 9.17) is 0 Å². The maximum Gasteiger partial charge on any atom is 0.261 e. The van der Waals surface area contributed by atoms with E-state index in [0.29, 0.717) is 28.9 Å². The molecule has 0 saturated heterocycles. The number of hydrogen-bond acceptors (Lipinski definition) is 2. The Bertz CT molecular complexity index is 809. The monoisotopic (exact) mass is 319 g/mol. The third kappa shape index (κ3) is 3.51. The summed E-state index contributed by atoms with van der Waals surface area (Å²) in [4.78, 5) is 26.4. The molecule has 0 bridgehead atoms. The molecule has 0 aromatic heterocycles. The zero-order valence-corrected chi connectivity index (χ0v) is 14.1. The molecule has 0 unspecified atom stereocenters. The number of carbonyl (C=O) groups excluding carboxylic acids is 2. The van der Waals surface area contributed by atoms with Crippen molar-refractivity contribution in [1.82, 2.24) is 0 Å². The van der Waals surface area contributed by atoms with E-state index in [9.17, 15) is 9.59 Å². The van der Waals surface area contributed by atoms with Crippen LogP contribution in [0.25, 0.3) is 0 Å². The number of ketones is 1. The lowest BCUT2D eigenvalue weighted by Gasteiger charge is -2.26. The second-order valence-corrected chi connectivity index (χ2v) is 5.75. The van der Waals surface area contributed by atoms with E-state index in [1.807, 2.05) is 25.1 Å². The summed E-state index contributed by atoms with van der Waals surface area (Å²) < 4.78 is 0. The van der Waals surface area contributed by atoms with E-state index in [1.165, 1.54) is 11.8 Å². The van der Waals surface area contributed by atoms with Gasteiger partial charge in [-0.1, -0.05) is 44.0 Å². The predicted octanol–water partition coefficient (Wildman–Crippen LogP) is 4.67. The van der Waals surface area contributed by atoms with E-state index in [1.54, 1.807) is 24.3 Å². The summed E-state index contributed by atoms with van der Waals surface area (Å²) in [5.41, 5.74) is 3.78. The van der Waals surface area contributed by atoms with Gasteiger partial charge in [-0.25, -0.2) is 0 Å². The molecule has 24 heavy (non-hydrogen) atoms. The Balaban J connectivity index is 2.63. The molecule has 0 atom stereocenters. The van der Waals surface area contributed by atoms with Gasteiger partial charge in [-0.2, -0.15) is 0 Å². The highest BCUT2D eigenvalue weighted by Gasteiger charge is 2.24. The van der Waals surface area contributed by atoms with Crippen LogP contribution in [-0.4, -0.2) is 11.7 Å². The zero-order valence-electron chi connectivity index (χ0n) is 14.1. The van der Waals surface area contributed by atoms with E-state index in [2.05, 4.69) is 19.7 Å². The topological polar surface area (TPSA) is 37.4 Å². The molecule has 2 rings (SSSR count). The van der Waals surface area contributed by atoms with Crippen molar-refractivity contribution >= 4 is 17.4 Å². The summed E-state index contributed by atoms with van der Waals surface area (Å²) in [6, 6.07) is 5.42. The molecule has 1 amide bonds. The lowest BCUT2D eigenvalue weighted by Crippen LogP contribution is -2.31. The number of hydrogen-bond donors (Lipinski definition) is 0. The molecule has 0 saturated carbocycles. The fourth-order valence-electron chi connectivity index (χ4n) is 2.51. The van der Waals surface area contributed by atoms with Gasteiger partial charge >= 0.3 is 0 Å². The van der Waals surface area contributed by atoms with Crippen LogP contribution in [-0.2, 0) is 4.79 Å². The summed E-state index contributed by atoms with van der Waals surface area (Å²) in [6.45, 7) is 15.1. The van der Waals surface area contributed by atoms with E-state index >= 15 is 0 Å². The molecule has 0 aliphatic carbocycles. The largest absolute Gasteiger partial charge is 0.294 e.